The SMILES string of the molecule is C=S1(=O)C[C@@](C)(c2cc(F)c(F)c(-c3ccc4c(cnn4C)c3)c2F)N=C(N)N1C. The zero-order chi connectivity index (χ0) is 22.0. The predicted octanol–water partition coefficient (Wildman–Crippen LogP) is 2.76. The topological polar surface area (TPSA) is 76.5 Å². The Bertz CT molecular complexity index is 1330. The Hall–Kier alpha value is -3.01. The Morgan fingerprint density at radius 3 is 2.57 bits per heavy atom. The molecule has 2 aromatic carbocycles. The highest BCUT2D eigenvalue weighted by molar-refractivity contribution is 7.98. The number of hydrogen-bond donors (Lipinski definition) is 1. The Morgan fingerprint density at radius 1 is 1.20 bits per heavy atom. The molecule has 1 unspecified atom stereocenters. The van der Waals surface area contributed by atoms with Crippen LogP contribution in [0.2, 0.25) is 0 Å². The second kappa shape index (κ2) is 6.49. The number of rotatable bonds is 2. The van der Waals surface area contributed by atoms with Gasteiger partial charge in [-0.3, -0.25) is 8.99 Å². The Morgan fingerprint density at radius 2 is 1.90 bits per heavy atom. The number of aliphatic imine (C=N–C) groups is 1. The van der Waals surface area contributed by atoms with Crippen LogP contribution in [0.25, 0.3) is 22.0 Å². The van der Waals surface area contributed by atoms with Gasteiger partial charge >= 0.3 is 0 Å². The van der Waals surface area contributed by atoms with Gasteiger partial charge < -0.3 is 5.73 Å². The van der Waals surface area contributed by atoms with Crippen molar-refractivity contribution in [2.45, 2.75) is 12.5 Å². The number of hydrogen-bond acceptors (Lipinski definition) is 4. The highest BCUT2D eigenvalue weighted by atomic mass is 32.2. The average Bonchev–Trinajstić information content (AvgIpc) is 3.03. The largest absolute Gasteiger partial charge is 0.369 e. The van der Waals surface area contributed by atoms with E-state index in [0.29, 0.717) is 5.39 Å². The summed E-state index contributed by atoms with van der Waals surface area (Å²) in [6.07, 6.45) is 1.55. The maximum atomic E-state index is 15.6. The Labute approximate surface area is 171 Å². The number of halogens is 3. The molecule has 1 aliphatic heterocycles. The molecule has 4 rings (SSSR count). The lowest BCUT2D eigenvalue weighted by atomic mass is 9.89. The summed E-state index contributed by atoms with van der Waals surface area (Å²) in [6, 6.07) is 5.42. The van der Waals surface area contributed by atoms with E-state index in [2.05, 4.69) is 16.0 Å². The van der Waals surface area contributed by atoms with Gasteiger partial charge in [0.05, 0.1) is 32.7 Å². The normalized spacial score (nSPS) is 24.3. The van der Waals surface area contributed by atoms with Crippen LogP contribution in [0, 0.1) is 17.5 Å². The van der Waals surface area contributed by atoms with Crippen molar-refractivity contribution in [1.29, 1.82) is 0 Å². The summed E-state index contributed by atoms with van der Waals surface area (Å²) in [5, 5.41) is 4.75. The van der Waals surface area contributed by atoms with Crippen molar-refractivity contribution in [1.82, 2.24) is 14.1 Å². The highest BCUT2D eigenvalue weighted by Gasteiger charge is 2.40. The van der Waals surface area contributed by atoms with Crippen molar-refractivity contribution in [3.8, 4) is 11.1 Å². The van der Waals surface area contributed by atoms with Gasteiger partial charge in [0.15, 0.2) is 11.6 Å². The zero-order valence-electron chi connectivity index (χ0n) is 16.6. The van der Waals surface area contributed by atoms with Gasteiger partial charge in [0.25, 0.3) is 0 Å². The van der Waals surface area contributed by atoms with E-state index >= 15 is 4.39 Å². The van der Waals surface area contributed by atoms with Crippen LogP contribution in [0.15, 0.2) is 35.5 Å². The fourth-order valence-corrected chi connectivity index (χ4v) is 5.44. The van der Waals surface area contributed by atoms with Crippen molar-refractivity contribution in [3.05, 3.63) is 53.5 Å². The molecule has 0 spiro atoms. The van der Waals surface area contributed by atoms with E-state index in [9.17, 15) is 13.0 Å². The van der Waals surface area contributed by atoms with Gasteiger partial charge in [-0.1, -0.05) is 6.07 Å². The van der Waals surface area contributed by atoms with Crippen LogP contribution < -0.4 is 5.73 Å². The van der Waals surface area contributed by atoms with Crippen LogP contribution in [0.1, 0.15) is 12.5 Å². The highest BCUT2D eigenvalue weighted by Crippen LogP contribution is 2.39. The number of aromatic nitrogens is 2. The van der Waals surface area contributed by atoms with E-state index in [1.54, 1.807) is 24.0 Å². The smallest absolute Gasteiger partial charge is 0.203 e. The third kappa shape index (κ3) is 2.94. The summed E-state index contributed by atoms with van der Waals surface area (Å²) in [7, 11) is 0.275. The molecule has 10 heteroatoms. The third-order valence-electron chi connectivity index (χ3n) is 5.46. The number of nitrogens with zero attached hydrogens (tertiary/aromatic N) is 4. The first-order chi connectivity index (χ1) is 13.9. The van der Waals surface area contributed by atoms with Gasteiger partial charge in [0.2, 0.25) is 5.96 Å². The average molecular weight is 435 g/mol. The lowest BCUT2D eigenvalue weighted by Crippen LogP contribution is -2.50. The second-order valence-electron chi connectivity index (χ2n) is 7.61. The molecule has 3 aromatic rings. The minimum atomic E-state index is -2.93. The van der Waals surface area contributed by atoms with Crippen LogP contribution in [0.3, 0.4) is 0 Å². The number of aryl methyl sites for hydroxylation is 1. The molecule has 2 N–H and O–H groups in total. The van der Waals surface area contributed by atoms with Crippen LogP contribution in [-0.4, -0.2) is 42.9 Å². The van der Waals surface area contributed by atoms with E-state index in [-0.39, 0.29) is 22.8 Å². The van der Waals surface area contributed by atoms with Crippen molar-refractivity contribution in [3.63, 3.8) is 0 Å². The van der Waals surface area contributed by atoms with Gasteiger partial charge in [-0.15, -0.1) is 0 Å². The van der Waals surface area contributed by atoms with Gasteiger partial charge in [0, 0.05) is 25.0 Å². The molecule has 1 aromatic heterocycles. The molecule has 1 aliphatic rings. The molecule has 0 fully saturated rings. The van der Waals surface area contributed by atoms with E-state index in [1.165, 1.54) is 30.4 Å². The van der Waals surface area contributed by atoms with Crippen molar-refractivity contribution in [2.75, 3.05) is 12.8 Å². The standard InChI is InChI=1S/C20H20F3N5OS/c1-20(10-30(4,29)28(3)19(24)26-20)13-8-14(21)18(23)16(17(13)22)11-5-6-15-12(7-11)9-25-27(15)2/h5-9H,4,10H2,1-3H3,(H2,24,26)/t20-,30?/m0/s1. The number of guanidine groups is 1. The minimum Gasteiger partial charge on any atom is -0.369 e. The number of nitrogens with two attached hydrogens (primary N) is 1. The van der Waals surface area contributed by atoms with Crippen LogP contribution >= 0.6 is 0 Å². The van der Waals surface area contributed by atoms with Crippen LogP contribution in [0.4, 0.5) is 13.2 Å². The first-order valence-corrected chi connectivity index (χ1v) is 10.8. The first-order valence-electron chi connectivity index (χ1n) is 8.99. The summed E-state index contributed by atoms with van der Waals surface area (Å²) in [5.41, 5.74) is 4.51. The molecular formula is C20H20F3N5OS. The van der Waals surface area contributed by atoms with Crippen LogP contribution in [0.5, 0.6) is 0 Å². The molecule has 0 amide bonds. The zero-order valence-corrected chi connectivity index (χ0v) is 17.4. The maximum absolute atomic E-state index is 15.6. The first kappa shape index (κ1) is 20.3. The molecule has 0 aliphatic carbocycles. The quantitative estimate of drug-likeness (QED) is 0.497. The van der Waals surface area contributed by atoms with E-state index in [0.717, 1.165) is 11.6 Å². The number of benzene rings is 2. The maximum Gasteiger partial charge on any atom is 0.203 e. The molecule has 30 heavy (non-hydrogen) atoms. The van der Waals surface area contributed by atoms with E-state index in [4.69, 9.17) is 5.73 Å². The molecule has 2 heterocycles. The summed E-state index contributed by atoms with van der Waals surface area (Å²) < 4.78 is 60.7. The Kier molecular flexibility index (Phi) is 4.39. The monoisotopic (exact) mass is 435 g/mol. The predicted molar refractivity (Wildman–Crippen MR) is 113 cm³/mol. The van der Waals surface area contributed by atoms with Crippen molar-refractivity contribution >= 4 is 32.4 Å². The molecule has 0 radical (unpaired) electrons. The molecular weight excluding hydrogens is 415 g/mol. The molecule has 0 saturated carbocycles. The molecule has 0 saturated heterocycles. The van der Waals surface area contributed by atoms with Crippen molar-refractivity contribution < 1.29 is 17.4 Å². The third-order valence-corrected chi connectivity index (χ3v) is 7.66. The lowest BCUT2D eigenvalue weighted by molar-refractivity contribution is 0.455. The Balaban J connectivity index is 1.97. The lowest BCUT2D eigenvalue weighted by Gasteiger charge is -2.37. The molecule has 0 bridgehead atoms. The number of fused-ring (bicyclic) bond motifs is 1. The van der Waals surface area contributed by atoms with E-state index in [1.807, 2.05) is 0 Å². The summed E-state index contributed by atoms with van der Waals surface area (Å²) >= 11 is 0. The van der Waals surface area contributed by atoms with Gasteiger partial charge in [-0.05, 0) is 36.6 Å². The molecule has 158 valence electrons. The summed E-state index contributed by atoms with van der Waals surface area (Å²) in [5.74, 6) is -0.210. The fourth-order valence-electron chi connectivity index (χ4n) is 3.77. The van der Waals surface area contributed by atoms with Crippen LogP contribution in [-0.2, 0) is 22.3 Å². The van der Waals surface area contributed by atoms with Gasteiger partial charge in [0.1, 0.15) is 11.4 Å². The van der Waals surface area contributed by atoms with E-state index < -0.39 is 38.3 Å². The van der Waals surface area contributed by atoms with Crippen molar-refractivity contribution in [2.24, 2.45) is 17.8 Å². The van der Waals surface area contributed by atoms with Gasteiger partial charge in [-0.25, -0.2) is 22.4 Å². The molecule has 2 atom stereocenters. The minimum absolute atomic E-state index is 0.119. The second-order valence-corrected chi connectivity index (χ2v) is 9.99. The summed E-state index contributed by atoms with van der Waals surface area (Å²) in [4.78, 5) is 4.24. The fraction of sp³-hybridized carbons (Fsp3) is 0.250. The van der Waals surface area contributed by atoms with Gasteiger partial charge in [-0.2, -0.15) is 5.10 Å². The molecule has 6 nitrogen and oxygen atoms in total. The summed E-state index contributed by atoms with van der Waals surface area (Å²) in [6.45, 7) is 1.47.